The van der Waals surface area contributed by atoms with Crippen molar-refractivity contribution in [2.24, 2.45) is 5.10 Å². The summed E-state index contributed by atoms with van der Waals surface area (Å²) in [6.07, 6.45) is 1.62. The van der Waals surface area contributed by atoms with Crippen molar-refractivity contribution >= 4 is 23.5 Å². The van der Waals surface area contributed by atoms with E-state index in [0.717, 1.165) is 16.9 Å². The lowest BCUT2D eigenvalue weighted by Gasteiger charge is -2.09. The normalized spacial score (nSPS) is 10.7. The Labute approximate surface area is 175 Å². The Kier molecular flexibility index (Phi) is 5.97. The second-order valence-electron chi connectivity index (χ2n) is 6.76. The SMILES string of the molecule is O=C(N/N=C/c1ccccc1)c1ccc(Nc2ccc(-c3ccccc3)cc2)cc1. The van der Waals surface area contributed by atoms with Crippen LogP contribution >= 0.6 is 0 Å². The zero-order valence-electron chi connectivity index (χ0n) is 16.3. The van der Waals surface area contributed by atoms with Crippen LogP contribution in [0, 0.1) is 0 Å². The molecule has 4 rings (SSSR count). The fourth-order valence-electron chi connectivity index (χ4n) is 3.02. The third-order valence-electron chi connectivity index (χ3n) is 4.61. The number of hydrazone groups is 1. The van der Waals surface area contributed by atoms with Gasteiger partial charge in [-0.2, -0.15) is 5.10 Å². The maximum absolute atomic E-state index is 12.2. The van der Waals surface area contributed by atoms with Gasteiger partial charge in [0.25, 0.3) is 5.91 Å². The second kappa shape index (κ2) is 9.34. The molecule has 2 N–H and O–H groups in total. The highest BCUT2D eigenvalue weighted by Gasteiger charge is 2.04. The molecule has 30 heavy (non-hydrogen) atoms. The van der Waals surface area contributed by atoms with Crippen molar-refractivity contribution in [1.29, 1.82) is 0 Å². The summed E-state index contributed by atoms with van der Waals surface area (Å²) in [5.74, 6) is -0.249. The van der Waals surface area contributed by atoms with Gasteiger partial charge >= 0.3 is 0 Å². The highest BCUT2D eigenvalue weighted by molar-refractivity contribution is 5.95. The fourth-order valence-corrected chi connectivity index (χ4v) is 3.02. The van der Waals surface area contributed by atoms with Crippen molar-refractivity contribution in [1.82, 2.24) is 5.43 Å². The lowest BCUT2D eigenvalue weighted by atomic mass is 10.1. The molecule has 0 saturated carbocycles. The molecule has 0 saturated heterocycles. The summed E-state index contributed by atoms with van der Waals surface area (Å²) in [6.45, 7) is 0. The van der Waals surface area contributed by atoms with Crippen LogP contribution in [-0.4, -0.2) is 12.1 Å². The standard InChI is InChI=1S/C26H21N3O/c30-26(29-27-19-20-7-3-1-4-8-20)23-13-17-25(18-14-23)28-24-15-11-22(12-16-24)21-9-5-2-6-10-21/h1-19,28H,(H,29,30)/b27-19+. The van der Waals surface area contributed by atoms with Crippen LogP contribution in [0.25, 0.3) is 11.1 Å². The number of anilines is 2. The molecule has 146 valence electrons. The third-order valence-corrected chi connectivity index (χ3v) is 4.61. The van der Waals surface area contributed by atoms with Gasteiger partial charge in [-0.05, 0) is 53.1 Å². The Morgan fingerprint density at radius 1 is 0.633 bits per heavy atom. The van der Waals surface area contributed by atoms with E-state index in [4.69, 9.17) is 0 Å². The molecule has 0 unspecified atom stereocenters. The quantitative estimate of drug-likeness (QED) is 0.319. The van der Waals surface area contributed by atoms with Gasteiger partial charge in [0, 0.05) is 16.9 Å². The Morgan fingerprint density at radius 3 is 1.80 bits per heavy atom. The Morgan fingerprint density at radius 2 is 1.17 bits per heavy atom. The molecule has 0 bridgehead atoms. The van der Waals surface area contributed by atoms with Crippen molar-refractivity contribution in [2.75, 3.05) is 5.32 Å². The highest BCUT2D eigenvalue weighted by Crippen LogP contribution is 2.23. The van der Waals surface area contributed by atoms with Crippen molar-refractivity contribution < 1.29 is 4.79 Å². The molecular formula is C26H21N3O. The van der Waals surface area contributed by atoms with E-state index in [0.29, 0.717) is 5.56 Å². The first-order valence-corrected chi connectivity index (χ1v) is 9.69. The van der Waals surface area contributed by atoms with E-state index < -0.39 is 0 Å². The Hall–Kier alpha value is -4.18. The van der Waals surface area contributed by atoms with E-state index in [1.807, 2.05) is 72.8 Å². The van der Waals surface area contributed by atoms with E-state index in [9.17, 15) is 4.79 Å². The van der Waals surface area contributed by atoms with E-state index in [-0.39, 0.29) is 5.91 Å². The maximum Gasteiger partial charge on any atom is 0.271 e. The van der Waals surface area contributed by atoms with E-state index in [2.05, 4.69) is 40.1 Å². The predicted octanol–water partition coefficient (Wildman–Crippen LogP) is 5.86. The average molecular weight is 391 g/mol. The minimum atomic E-state index is -0.249. The number of hydrogen-bond donors (Lipinski definition) is 2. The summed E-state index contributed by atoms with van der Waals surface area (Å²) in [6, 6.07) is 35.4. The van der Waals surface area contributed by atoms with Gasteiger partial charge < -0.3 is 5.32 Å². The van der Waals surface area contributed by atoms with Gasteiger partial charge in [0.15, 0.2) is 0 Å². The van der Waals surface area contributed by atoms with Crippen LogP contribution in [0.15, 0.2) is 114 Å². The van der Waals surface area contributed by atoms with E-state index in [1.54, 1.807) is 18.3 Å². The Bertz CT molecular complexity index is 1120. The number of nitrogens with zero attached hydrogens (tertiary/aromatic N) is 1. The van der Waals surface area contributed by atoms with Crippen LogP contribution in [0.3, 0.4) is 0 Å². The van der Waals surface area contributed by atoms with Gasteiger partial charge in [-0.1, -0.05) is 72.8 Å². The smallest absolute Gasteiger partial charge is 0.271 e. The molecule has 0 heterocycles. The van der Waals surface area contributed by atoms with Crippen LogP contribution in [-0.2, 0) is 0 Å². The lowest BCUT2D eigenvalue weighted by Crippen LogP contribution is -2.17. The molecule has 0 atom stereocenters. The van der Waals surface area contributed by atoms with Gasteiger partial charge in [-0.3, -0.25) is 4.79 Å². The zero-order valence-corrected chi connectivity index (χ0v) is 16.3. The summed E-state index contributed by atoms with van der Waals surface area (Å²) in [4.78, 5) is 12.2. The Balaban J connectivity index is 1.35. The summed E-state index contributed by atoms with van der Waals surface area (Å²) in [5, 5.41) is 7.35. The largest absolute Gasteiger partial charge is 0.356 e. The molecule has 0 aromatic heterocycles. The van der Waals surface area contributed by atoms with Crippen molar-refractivity contribution in [2.45, 2.75) is 0 Å². The minimum Gasteiger partial charge on any atom is -0.356 e. The van der Waals surface area contributed by atoms with Crippen LogP contribution < -0.4 is 10.7 Å². The predicted molar refractivity (Wildman–Crippen MR) is 123 cm³/mol. The monoisotopic (exact) mass is 391 g/mol. The minimum absolute atomic E-state index is 0.249. The van der Waals surface area contributed by atoms with Crippen LogP contribution in [0.5, 0.6) is 0 Å². The lowest BCUT2D eigenvalue weighted by molar-refractivity contribution is 0.0955. The first kappa shape index (κ1) is 19.2. The zero-order chi connectivity index (χ0) is 20.6. The van der Waals surface area contributed by atoms with E-state index >= 15 is 0 Å². The number of carbonyl (C=O) groups is 1. The molecule has 0 radical (unpaired) electrons. The number of rotatable bonds is 6. The van der Waals surface area contributed by atoms with Crippen molar-refractivity contribution in [3.05, 3.63) is 120 Å². The summed E-state index contributed by atoms with van der Waals surface area (Å²) in [5.41, 5.74) is 8.28. The van der Waals surface area contributed by atoms with Crippen LogP contribution in [0.1, 0.15) is 15.9 Å². The van der Waals surface area contributed by atoms with Crippen molar-refractivity contribution in [3.63, 3.8) is 0 Å². The third kappa shape index (κ3) is 5.00. The number of amides is 1. The molecular weight excluding hydrogens is 370 g/mol. The number of benzene rings is 4. The van der Waals surface area contributed by atoms with Crippen LogP contribution in [0.4, 0.5) is 11.4 Å². The van der Waals surface area contributed by atoms with Crippen molar-refractivity contribution in [3.8, 4) is 11.1 Å². The molecule has 0 fully saturated rings. The molecule has 4 nitrogen and oxygen atoms in total. The first-order chi connectivity index (χ1) is 14.8. The maximum atomic E-state index is 12.2. The van der Waals surface area contributed by atoms with Gasteiger partial charge in [-0.15, -0.1) is 0 Å². The number of carbonyl (C=O) groups excluding carboxylic acids is 1. The average Bonchev–Trinajstić information content (AvgIpc) is 2.81. The molecule has 0 aliphatic carbocycles. The molecule has 4 aromatic rings. The molecule has 1 amide bonds. The number of hydrogen-bond acceptors (Lipinski definition) is 3. The topological polar surface area (TPSA) is 53.5 Å². The second-order valence-corrected chi connectivity index (χ2v) is 6.76. The first-order valence-electron chi connectivity index (χ1n) is 9.69. The molecule has 0 aliphatic heterocycles. The molecule has 0 spiro atoms. The summed E-state index contributed by atoms with van der Waals surface area (Å²) < 4.78 is 0. The van der Waals surface area contributed by atoms with E-state index in [1.165, 1.54) is 11.1 Å². The molecule has 0 aliphatic rings. The van der Waals surface area contributed by atoms with Gasteiger partial charge in [0.2, 0.25) is 0 Å². The van der Waals surface area contributed by atoms with Gasteiger partial charge in [0.05, 0.1) is 6.21 Å². The van der Waals surface area contributed by atoms with Gasteiger partial charge in [0.1, 0.15) is 0 Å². The summed E-state index contributed by atoms with van der Waals surface area (Å²) >= 11 is 0. The molecule has 4 heteroatoms. The molecule has 4 aromatic carbocycles. The fraction of sp³-hybridized carbons (Fsp3) is 0. The van der Waals surface area contributed by atoms with Crippen LogP contribution in [0.2, 0.25) is 0 Å². The highest BCUT2D eigenvalue weighted by atomic mass is 16.2. The summed E-state index contributed by atoms with van der Waals surface area (Å²) in [7, 11) is 0. The van der Waals surface area contributed by atoms with Gasteiger partial charge in [-0.25, -0.2) is 5.43 Å². The number of nitrogens with one attached hydrogen (secondary N) is 2.